The highest BCUT2D eigenvalue weighted by Crippen LogP contribution is 2.17. The summed E-state index contributed by atoms with van der Waals surface area (Å²) in [5.74, 6) is 0.334. The normalized spacial score (nSPS) is 10.5. The van der Waals surface area contributed by atoms with Gasteiger partial charge in [0.2, 0.25) is 5.43 Å². The molecular formula is C10H10Cl2O. The summed E-state index contributed by atoms with van der Waals surface area (Å²) in [6, 6.07) is 5.08. The molecule has 0 fully saturated rings. The molecule has 0 saturated heterocycles. The van der Waals surface area contributed by atoms with Crippen LogP contribution >= 0.6 is 23.2 Å². The van der Waals surface area contributed by atoms with E-state index in [0.29, 0.717) is 5.92 Å². The maximum absolute atomic E-state index is 11.3. The van der Waals surface area contributed by atoms with Crippen molar-refractivity contribution < 1.29 is 0 Å². The summed E-state index contributed by atoms with van der Waals surface area (Å²) in [6.07, 6.45) is 0. The van der Waals surface area contributed by atoms with Crippen molar-refractivity contribution in [3.8, 4) is 0 Å². The molecule has 1 nitrogen and oxygen atoms in total. The summed E-state index contributed by atoms with van der Waals surface area (Å²) in [6.45, 7) is 4.06. The first-order valence-electron chi connectivity index (χ1n) is 4.01. The number of halogens is 2. The van der Waals surface area contributed by atoms with E-state index in [2.05, 4.69) is 0 Å². The van der Waals surface area contributed by atoms with Crippen molar-refractivity contribution in [3.05, 3.63) is 44.0 Å². The van der Waals surface area contributed by atoms with Gasteiger partial charge in [0.05, 0.1) is 10.0 Å². The molecule has 0 bridgehead atoms. The van der Waals surface area contributed by atoms with Crippen LogP contribution in [0.3, 0.4) is 0 Å². The fourth-order valence-electron chi connectivity index (χ4n) is 0.978. The van der Waals surface area contributed by atoms with Crippen molar-refractivity contribution in [2.75, 3.05) is 0 Å². The van der Waals surface area contributed by atoms with Crippen LogP contribution in [-0.2, 0) is 0 Å². The number of hydrogen-bond donors (Lipinski definition) is 0. The van der Waals surface area contributed by atoms with Crippen LogP contribution < -0.4 is 5.43 Å². The molecule has 0 atom stereocenters. The maximum Gasteiger partial charge on any atom is 0.215 e. The molecule has 0 aromatic heterocycles. The second kappa shape index (κ2) is 4.12. The van der Waals surface area contributed by atoms with Crippen LogP contribution in [0.1, 0.15) is 25.3 Å². The van der Waals surface area contributed by atoms with Crippen LogP contribution in [0.5, 0.6) is 0 Å². The van der Waals surface area contributed by atoms with E-state index in [1.165, 1.54) is 0 Å². The average Bonchev–Trinajstić information content (AvgIpc) is 2.19. The van der Waals surface area contributed by atoms with Gasteiger partial charge in [-0.25, -0.2) is 0 Å². The average molecular weight is 217 g/mol. The van der Waals surface area contributed by atoms with Crippen LogP contribution in [0.4, 0.5) is 0 Å². The molecule has 1 aromatic rings. The SMILES string of the molecule is CC(C)c1ccc(Cl)c(=O)c(Cl)c1. The van der Waals surface area contributed by atoms with E-state index in [4.69, 9.17) is 23.2 Å². The highest BCUT2D eigenvalue weighted by atomic mass is 35.5. The van der Waals surface area contributed by atoms with Gasteiger partial charge in [0, 0.05) is 0 Å². The van der Waals surface area contributed by atoms with Gasteiger partial charge in [-0.05, 0) is 23.6 Å². The molecule has 1 aromatic carbocycles. The second-order valence-corrected chi connectivity index (χ2v) is 3.97. The fraction of sp³-hybridized carbons (Fsp3) is 0.300. The summed E-state index contributed by atoms with van der Waals surface area (Å²) in [4.78, 5) is 11.3. The lowest BCUT2D eigenvalue weighted by Gasteiger charge is -2.00. The third-order valence-corrected chi connectivity index (χ3v) is 2.39. The van der Waals surface area contributed by atoms with Gasteiger partial charge in [-0.1, -0.05) is 43.1 Å². The zero-order valence-corrected chi connectivity index (χ0v) is 8.99. The Labute approximate surface area is 87.3 Å². The molecule has 0 saturated carbocycles. The lowest BCUT2D eigenvalue weighted by Crippen LogP contribution is -1.96. The Morgan fingerprint density at radius 3 is 2.31 bits per heavy atom. The van der Waals surface area contributed by atoms with Crippen molar-refractivity contribution in [2.24, 2.45) is 0 Å². The van der Waals surface area contributed by atoms with Crippen LogP contribution in [0, 0.1) is 0 Å². The molecule has 13 heavy (non-hydrogen) atoms. The molecule has 0 aliphatic rings. The zero-order valence-electron chi connectivity index (χ0n) is 7.47. The first-order chi connectivity index (χ1) is 6.02. The monoisotopic (exact) mass is 216 g/mol. The third-order valence-electron chi connectivity index (χ3n) is 1.82. The summed E-state index contributed by atoms with van der Waals surface area (Å²) in [5, 5.41) is 0.343. The molecule has 0 spiro atoms. The summed E-state index contributed by atoms with van der Waals surface area (Å²) in [7, 11) is 0. The van der Waals surface area contributed by atoms with Gasteiger partial charge in [0.1, 0.15) is 0 Å². The van der Waals surface area contributed by atoms with E-state index >= 15 is 0 Å². The van der Waals surface area contributed by atoms with Crippen LogP contribution in [0.15, 0.2) is 23.0 Å². The fourth-order valence-corrected chi connectivity index (χ4v) is 1.42. The van der Waals surface area contributed by atoms with Gasteiger partial charge in [0.15, 0.2) is 0 Å². The quantitative estimate of drug-likeness (QED) is 0.703. The van der Waals surface area contributed by atoms with E-state index in [1.54, 1.807) is 12.1 Å². The minimum atomic E-state index is -0.310. The van der Waals surface area contributed by atoms with Gasteiger partial charge in [-0.2, -0.15) is 0 Å². The molecule has 0 aliphatic carbocycles. The molecule has 0 aliphatic heterocycles. The van der Waals surface area contributed by atoms with Crippen LogP contribution in [-0.4, -0.2) is 0 Å². The lowest BCUT2D eigenvalue weighted by atomic mass is 10.1. The molecule has 70 valence electrons. The van der Waals surface area contributed by atoms with E-state index in [1.807, 2.05) is 19.9 Å². The van der Waals surface area contributed by atoms with Gasteiger partial charge in [-0.15, -0.1) is 0 Å². The molecule has 0 N–H and O–H groups in total. The first-order valence-corrected chi connectivity index (χ1v) is 4.77. The van der Waals surface area contributed by atoms with E-state index < -0.39 is 0 Å². The van der Waals surface area contributed by atoms with Gasteiger partial charge >= 0.3 is 0 Å². The standard InChI is InChI=1S/C10H10Cl2O/c1-6(2)7-3-4-8(11)10(13)9(12)5-7/h3-6H,1-2H3. The molecule has 0 heterocycles. The van der Waals surface area contributed by atoms with Crippen LogP contribution in [0.25, 0.3) is 0 Å². The number of hydrogen-bond acceptors (Lipinski definition) is 1. The second-order valence-electron chi connectivity index (χ2n) is 3.16. The Bertz CT molecular complexity index is 372. The minimum Gasteiger partial charge on any atom is -0.287 e. The molecule has 1 rings (SSSR count). The molecule has 0 radical (unpaired) electrons. The number of rotatable bonds is 1. The Kier molecular flexibility index (Phi) is 3.34. The van der Waals surface area contributed by atoms with Crippen molar-refractivity contribution in [2.45, 2.75) is 19.8 Å². The largest absolute Gasteiger partial charge is 0.287 e. The van der Waals surface area contributed by atoms with Crippen molar-refractivity contribution in [3.63, 3.8) is 0 Å². The van der Waals surface area contributed by atoms with Gasteiger partial charge < -0.3 is 0 Å². The van der Waals surface area contributed by atoms with Crippen molar-refractivity contribution in [1.82, 2.24) is 0 Å². The zero-order chi connectivity index (χ0) is 10.0. The topological polar surface area (TPSA) is 17.1 Å². The van der Waals surface area contributed by atoms with E-state index in [0.717, 1.165) is 5.56 Å². The summed E-state index contributed by atoms with van der Waals surface area (Å²) in [5.41, 5.74) is 0.698. The maximum atomic E-state index is 11.3. The van der Waals surface area contributed by atoms with E-state index in [9.17, 15) is 4.79 Å². The predicted octanol–water partition coefficient (Wildman–Crippen LogP) is 3.48. The van der Waals surface area contributed by atoms with Crippen molar-refractivity contribution in [1.29, 1.82) is 0 Å². The predicted molar refractivity (Wildman–Crippen MR) is 56.8 cm³/mol. The van der Waals surface area contributed by atoms with Gasteiger partial charge in [0.25, 0.3) is 0 Å². The molecule has 3 heteroatoms. The highest BCUT2D eigenvalue weighted by molar-refractivity contribution is 6.34. The van der Waals surface area contributed by atoms with Crippen molar-refractivity contribution >= 4 is 23.2 Å². The van der Waals surface area contributed by atoms with E-state index in [-0.39, 0.29) is 15.5 Å². The summed E-state index contributed by atoms with van der Waals surface area (Å²) < 4.78 is 0. The van der Waals surface area contributed by atoms with Gasteiger partial charge in [-0.3, -0.25) is 4.79 Å². The Hall–Kier alpha value is -0.530. The highest BCUT2D eigenvalue weighted by Gasteiger charge is 2.03. The Morgan fingerprint density at radius 1 is 1.15 bits per heavy atom. The molecule has 0 unspecified atom stereocenters. The third kappa shape index (κ3) is 2.45. The smallest absolute Gasteiger partial charge is 0.215 e. The van der Waals surface area contributed by atoms with Crippen LogP contribution in [0.2, 0.25) is 10.0 Å². The molecular weight excluding hydrogens is 207 g/mol. The summed E-state index contributed by atoms with van der Waals surface area (Å²) >= 11 is 11.4. The molecule has 0 amide bonds. The lowest BCUT2D eigenvalue weighted by molar-refractivity contribution is 0.868. The Balaban J connectivity index is 3.43. The Morgan fingerprint density at radius 2 is 1.77 bits per heavy atom. The minimum absolute atomic E-state index is 0.164. The first kappa shape index (κ1) is 10.6.